The van der Waals surface area contributed by atoms with Crippen LogP contribution in [-0.4, -0.2) is 10.9 Å². The minimum Gasteiger partial charge on any atom is -0.302 e. The molecule has 2 rings (SSSR count). The van der Waals surface area contributed by atoms with Crippen LogP contribution in [0, 0.1) is 17.3 Å². The molecule has 1 aliphatic rings. The second-order valence-electron chi connectivity index (χ2n) is 6.68. The van der Waals surface area contributed by atoms with E-state index < -0.39 is 0 Å². The van der Waals surface area contributed by atoms with Crippen molar-refractivity contribution in [2.45, 2.75) is 52.3 Å². The Kier molecular flexibility index (Phi) is 5.08. The fourth-order valence-electron chi connectivity index (χ4n) is 2.85. The van der Waals surface area contributed by atoms with E-state index in [1.807, 2.05) is 5.38 Å². The highest BCUT2D eigenvalue weighted by Gasteiger charge is 2.32. The van der Waals surface area contributed by atoms with Gasteiger partial charge in [0, 0.05) is 11.3 Å². The summed E-state index contributed by atoms with van der Waals surface area (Å²) in [5.41, 5.74) is 1.18. The maximum atomic E-state index is 12.2. The van der Waals surface area contributed by atoms with E-state index in [1.165, 1.54) is 11.3 Å². The van der Waals surface area contributed by atoms with Crippen LogP contribution in [0.4, 0.5) is 5.13 Å². The Labute approximate surface area is 130 Å². The molecule has 0 atom stereocenters. The number of nitrogens with one attached hydrogen (secondary N) is 1. The van der Waals surface area contributed by atoms with Crippen molar-refractivity contribution in [1.82, 2.24) is 4.98 Å². The van der Waals surface area contributed by atoms with Gasteiger partial charge in [-0.3, -0.25) is 4.79 Å². The number of aromatic nitrogens is 1. The van der Waals surface area contributed by atoms with Crippen molar-refractivity contribution in [3.63, 3.8) is 0 Å². The molecule has 5 heteroatoms. The molecule has 1 N–H and O–H groups in total. The summed E-state index contributed by atoms with van der Waals surface area (Å²) in [6.45, 7) is 6.88. The molecule has 1 aromatic rings. The molecule has 112 valence electrons. The van der Waals surface area contributed by atoms with Gasteiger partial charge < -0.3 is 5.32 Å². The summed E-state index contributed by atoms with van der Waals surface area (Å²) >= 11 is 7.16. The van der Waals surface area contributed by atoms with Gasteiger partial charge in [-0.2, -0.15) is 0 Å². The van der Waals surface area contributed by atoms with E-state index in [-0.39, 0.29) is 11.8 Å². The summed E-state index contributed by atoms with van der Waals surface area (Å²) in [4.78, 5) is 16.5. The average Bonchev–Trinajstić information content (AvgIpc) is 2.85. The second kappa shape index (κ2) is 6.44. The van der Waals surface area contributed by atoms with Gasteiger partial charge in [0.05, 0.1) is 11.6 Å². The molecule has 0 bridgehead atoms. The molecule has 1 fully saturated rings. The van der Waals surface area contributed by atoms with E-state index in [1.54, 1.807) is 0 Å². The molecule has 1 aliphatic carbocycles. The number of carbonyl (C=O) groups excluding carboxylic acids is 1. The lowest BCUT2D eigenvalue weighted by atomic mass is 9.70. The Morgan fingerprint density at radius 1 is 1.40 bits per heavy atom. The van der Waals surface area contributed by atoms with Crippen molar-refractivity contribution >= 4 is 34.0 Å². The van der Waals surface area contributed by atoms with E-state index in [9.17, 15) is 4.79 Å². The van der Waals surface area contributed by atoms with Gasteiger partial charge >= 0.3 is 0 Å². The van der Waals surface area contributed by atoms with Gasteiger partial charge in [0.25, 0.3) is 0 Å². The summed E-state index contributed by atoms with van der Waals surface area (Å²) in [5, 5.41) is 5.49. The molecule has 20 heavy (non-hydrogen) atoms. The Morgan fingerprint density at radius 3 is 2.55 bits per heavy atom. The van der Waals surface area contributed by atoms with E-state index in [4.69, 9.17) is 11.6 Å². The van der Waals surface area contributed by atoms with Gasteiger partial charge in [-0.15, -0.1) is 22.9 Å². The SMILES string of the molecule is CC(C)(C)C1CCC(C(=O)Nc2nc(CCl)cs2)CC1. The van der Waals surface area contributed by atoms with Crippen LogP contribution >= 0.6 is 22.9 Å². The fraction of sp³-hybridized carbons (Fsp3) is 0.733. The zero-order chi connectivity index (χ0) is 14.8. The van der Waals surface area contributed by atoms with E-state index in [0.29, 0.717) is 16.4 Å². The quantitative estimate of drug-likeness (QED) is 0.823. The van der Waals surface area contributed by atoms with E-state index >= 15 is 0 Å². The third-order valence-electron chi connectivity index (χ3n) is 4.24. The molecule has 0 aliphatic heterocycles. The average molecular weight is 315 g/mol. The van der Waals surface area contributed by atoms with Crippen molar-refractivity contribution in [1.29, 1.82) is 0 Å². The zero-order valence-corrected chi connectivity index (χ0v) is 14.0. The van der Waals surface area contributed by atoms with Gasteiger partial charge in [0.1, 0.15) is 0 Å². The monoisotopic (exact) mass is 314 g/mol. The number of anilines is 1. The van der Waals surface area contributed by atoms with Gasteiger partial charge in [-0.25, -0.2) is 4.98 Å². The first kappa shape index (κ1) is 15.8. The highest BCUT2D eigenvalue weighted by Crippen LogP contribution is 2.40. The first-order valence-electron chi connectivity index (χ1n) is 7.21. The Bertz CT molecular complexity index is 459. The van der Waals surface area contributed by atoms with Crippen molar-refractivity contribution in [2.75, 3.05) is 5.32 Å². The minimum absolute atomic E-state index is 0.118. The predicted octanol–water partition coefficient (Wildman–Crippen LogP) is 4.67. The molecular formula is C15H23ClN2OS. The Balaban J connectivity index is 1.86. The maximum Gasteiger partial charge on any atom is 0.229 e. The molecule has 0 aromatic carbocycles. The topological polar surface area (TPSA) is 42.0 Å². The molecule has 1 amide bonds. The smallest absolute Gasteiger partial charge is 0.229 e. The fourth-order valence-corrected chi connectivity index (χ4v) is 3.80. The number of carbonyl (C=O) groups is 1. The number of amides is 1. The number of alkyl halides is 1. The standard InChI is InChI=1S/C15H23ClN2OS/c1-15(2,3)11-6-4-10(5-7-11)13(19)18-14-17-12(8-16)9-20-14/h9-11H,4-8H2,1-3H3,(H,17,18,19). The van der Waals surface area contributed by atoms with Gasteiger partial charge in [-0.05, 0) is 37.0 Å². The van der Waals surface area contributed by atoms with Crippen LogP contribution in [0.3, 0.4) is 0 Å². The Morgan fingerprint density at radius 2 is 2.05 bits per heavy atom. The lowest BCUT2D eigenvalue weighted by Gasteiger charge is -2.36. The molecule has 0 radical (unpaired) electrons. The van der Waals surface area contributed by atoms with Crippen molar-refractivity contribution in [3.8, 4) is 0 Å². The van der Waals surface area contributed by atoms with Crippen LogP contribution in [-0.2, 0) is 10.7 Å². The molecule has 0 spiro atoms. The molecule has 3 nitrogen and oxygen atoms in total. The third kappa shape index (κ3) is 3.95. The summed E-state index contributed by atoms with van der Waals surface area (Å²) in [7, 11) is 0. The maximum absolute atomic E-state index is 12.2. The molecular weight excluding hydrogens is 292 g/mol. The number of thiazole rings is 1. The zero-order valence-electron chi connectivity index (χ0n) is 12.4. The lowest BCUT2D eigenvalue weighted by Crippen LogP contribution is -2.31. The summed E-state index contributed by atoms with van der Waals surface area (Å²) in [6, 6.07) is 0. The second-order valence-corrected chi connectivity index (χ2v) is 7.81. The number of hydrogen-bond acceptors (Lipinski definition) is 3. The number of rotatable bonds is 3. The number of halogens is 1. The van der Waals surface area contributed by atoms with Crippen molar-refractivity contribution in [2.24, 2.45) is 17.3 Å². The number of hydrogen-bond donors (Lipinski definition) is 1. The van der Waals surface area contributed by atoms with Crippen molar-refractivity contribution < 1.29 is 4.79 Å². The lowest BCUT2D eigenvalue weighted by molar-refractivity contribution is -0.121. The van der Waals surface area contributed by atoms with Crippen LogP contribution < -0.4 is 5.32 Å². The normalized spacial score (nSPS) is 23.6. The van der Waals surface area contributed by atoms with Gasteiger partial charge in [0.2, 0.25) is 5.91 Å². The van der Waals surface area contributed by atoms with E-state index in [0.717, 1.165) is 37.3 Å². The van der Waals surface area contributed by atoms with Crippen LogP contribution in [0.15, 0.2) is 5.38 Å². The van der Waals surface area contributed by atoms with Crippen LogP contribution in [0.2, 0.25) is 0 Å². The highest BCUT2D eigenvalue weighted by atomic mass is 35.5. The first-order valence-corrected chi connectivity index (χ1v) is 8.63. The highest BCUT2D eigenvalue weighted by molar-refractivity contribution is 7.13. The summed E-state index contributed by atoms with van der Waals surface area (Å²) in [5.74, 6) is 1.38. The Hall–Kier alpha value is -0.610. The molecule has 1 aromatic heterocycles. The van der Waals surface area contributed by atoms with E-state index in [2.05, 4.69) is 31.1 Å². The van der Waals surface area contributed by atoms with Crippen LogP contribution in [0.25, 0.3) is 0 Å². The number of nitrogens with zero attached hydrogens (tertiary/aromatic N) is 1. The van der Waals surface area contributed by atoms with Crippen LogP contribution in [0.5, 0.6) is 0 Å². The first-order chi connectivity index (χ1) is 9.40. The van der Waals surface area contributed by atoms with Crippen molar-refractivity contribution in [3.05, 3.63) is 11.1 Å². The molecule has 0 unspecified atom stereocenters. The van der Waals surface area contributed by atoms with Gasteiger partial charge in [-0.1, -0.05) is 20.8 Å². The minimum atomic E-state index is 0.118. The molecule has 1 heterocycles. The van der Waals surface area contributed by atoms with Gasteiger partial charge in [0.15, 0.2) is 5.13 Å². The van der Waals surface area contributed by atoms with Crippen LogP contribution in [0.1, 0.15) is 52.1 Å². The molecule has 1 saturated carbocycles. The third-order valence-corrected chi connectivity index (χ3v) is 5.32. The predicted molar refractivity (Wildman–Crippen MR) is 85.2 cm³/mol. The molecule has 0 saturated heterocycles. The summed E-state index contributed by atoms with van der Waals surface area (Å²) in [6.07, 6.45) is 4.27. The largest absolute Gasteiger partial charge is 0.302 e. The summed E-state index contributed by atoms with van der Waals surface area (Å²) < 4.78 is 0.